The van der Waals surface area contributed by atoms with Crippen LogP contribution in [0.5, 0.6) is 0 Å². The van der Waals surface area contributed by atoms with Crippen molar-refractivity contribution in [2.24, 2.45) is 0 Å². The molecular formula is C15H24. The van der Waals surface area contributed by atoms with Gasteiger partial charge in [0.2, 0.25) is 0 Å². The van der Waals surface area contributed by atoms with Crippen molar-refractivity contribution in [3.63, 3.8) is 0 Å². The Hall–Kier alpha value is -0.780. The lowest BCUT2D eigenvalue weighted by atomic mass is 9.92. The number of hydrogen-bond donors (Lipinski definition) is 0. The van der Waals surface area contributed by atoms with Crippen LogP contribution < -0.4 is 0 Å². The Kier molecular flexibility index (Phi) is 4.38. The number of hydrogen-bond acceptors (Lipinski definition) is 0. The van der Waals surface area contributed by atoms with E-state index in [0.717, 1.165) is 0 Å². The summed E-state index contributed by atoms with van der Waals surface area (Å²) in [6.07, 6.45) is 3.97. The summed E-state index contributed by atoms with van der Waals surface area (Å²) in [5.41, 5.74) is 6.35. The van der Waals surface area contributed by atoms with Gasteiger partial charge in [0.1, 0.15) is 0 Å². The summed E-state index contributed by atoms with van der Waals surface area (Å²) in [6, 6.07) is 4.66. The summed E-state index contributed by atoms with van der Waals surface area (Å²) in [7, 11) is 0. The Morgan fingerprint density at radius 2 is 1.73 bits per heavy atom. The molecule has 0 bridgehead atoms. The molecule has 84 valence electrons. The van der Waals surface area contributed by atoms with Gasteiger partial charge >= 0.3 is 0 Å². The van der Waals surface area contributed by atoms with Crippen LogP contribution in [0.15, 0.2) is 12.1 Å². The summed E-state index contributed by atoms with van der Waals surface area (Å²) >= 11 is 0. The lowest BCUT2D eigenvalue weighted by Crippen LogP contribution is -1.97. The Morgan fingerprint density at radius 3 is 2.33 bits per heavy atom. The standard InChI is InChI=1S/C13H18.C2H6/c1-9(2)12-8-7-11-5-4-6-13(11)10(12)3;1-2/h7-9H,4-6H2,1-3H3;1-2H3. The van der Waals surface area contributed by atoms with Crippen LogP contribution in [0.25, 0.3) is 0 Å². The fourth-order valence-electron chi connectivity index (χ4n) is 2.49. The van der Waals surface area contributed by atoms with Gasteiger partial charge in [0.15, 0.2) is 0 Å². The van der Waals surface area contributed by atoms with Crippen LogP contribution >= 0.6 is 0 Å². The van der Waals surface area contributed by atoms with E-state index in [4.69, 9.17) is 0 Å². The van der Waals surface area contributed by atoms with Gasteiger partial charge in [-0.15, -0.1) is 0 Å². The van der Waals surface area contributed by atoms with Crippen molar-refractivity contribution in [1.29, 1.82) is 0 Å². The first kappa shape index (κ1) is 12.3. The summed E-state index contributed by atoms with van der Waals surface area (Å²) in [4.78, 5) is 0. The third-order valence-electron chi connectivity index (χ3n) is 3.23. The molecule has 0 aliphatic heterocycles. The molecule has 2 rings (SSSR count). The molecule has 0 heterocycles. The first-order valence-electron chi connectivity index (χ1n) is 6.31. The van der Waals surface area contributed by atoms with Gasteiger partial charge in [0.05, 0.1) is 0 Å². The molecule has 1 aliphatic carbocycles. The maximum Gasteiger partial charge on any atom is -0.0216 e. The molecule has 0 heteroatoms. The smallest absolute Gasteiger partial charge is 0.0216 e. The lowest BCUT2D eigenvalue weighted by Gasteiger charge is -2.13. The van der Waals surface area contributed by atoms with Crippen molar-refractivity contribution >= 4 is 0 Å². The van der Waals surface area contributed by atoms with Crippen molar-refractivity contribution in [3.05, 3.63) is 34.4 Å². The largest absolute Gasteiger partial charge is 0.0683 e. The molecule has 0 N–H and O–H groups in total. The zero-order valence-corrected chi connectivity index (χ0v) is 10.9. The Morgan fingerprint density at radius 1 is 1.07 bits per heavy atom. The van der Waals surface area contributed by atoms with E-state index >= 15 is 0 Å². The van der Waals surface area contributed by atoms with E-state index in [2.05, 4.69) is 32.9 Å². The van der Waals surface area contributed by atoms with Crippen LogP contribution in [0.3, 0.4) is 0 Å². The highest BCUT2D eigenvalue weighted by Crippen LogP contribution is 2.30. The molecule has 1 aromatic carbocycles. The maximum absolute atomic E-state index is 2.34. The minimum atomic E-state index is 0.672. The van der Waals surface area contributed by atoms with Gasteiger partial charge < -0.3 is 0 Å². The van der Waals surface area contributed by atoms with Crippen LogP contribution in [0.1, 0.15) is 62.3 Å². The molecule has 0 nitrogen and oxygen atoms in total. The molecule has 15 heavy (non-hydrogen) atoms. The quantitative estimate of drug-likeness (QED) is 0.625. The molecule has 0 saturated heterocycles. The second-order valence-electron chi connectivity index (χ2n) is 4.43. The number of aryl methyl sites for hydroxylation is 1. The van der Waals surface area contributed by atoms with E-state index in [9.17, 15) is 0 Å². The molecule has 0 radical (unpaired) electrons. The summed E-state index contributed by atoms with van der Waals surface area (Å²) in [6.45, 7) is 10.9. The minimum Gasteiger partial charge on any atom is -0.0683 e. The molecule has 0 atom stereocenters. The summed E-state index contributed by atoms with van der Waals surface area (Å²) < 4.78 is 0. The van der Waals surface area contributed by atoms with Crippen LogP contribution in [0, 0.1) is 6.92 Å². The van der Waals surface area contributed by atoms with Gasteiger partial charge in [-0.1, -0.05) is 39.8 Å². The Labute approximate surface area is 94.7 Å². The van der Waals surface area contributed by atoms with Crippen LogP contribution in [-0.2, 0) is 12.8 Å². The second-order valence-corrected chi connectivity index (χ2v) is 4.43. The fourth-order valence-corrected chi connectivity index (χ4v) is 2.49. The van der Waals surface area contributed by atoms with E-state index in [1.807, 2.05) is 13.8 Å². The zero-order valence-electron chi connectivity index (χ0n) is 10.9. The topological polar surface area (TPSA) is 0 Å². The van der Waals surface area contributed by atoms with Crippen molar-refractivity contribution in [2.45, 2.75) is 59.8 Å². The second kappa shape index (κ2) is 5.34. The van der Waals surface area contributed by atoms with Gasteiger partial charge in [0.25, 0.3) is 0 Å². The van der Waals surface area contributed by atoms with Crippen LogP contribution in [-0.4, -0.2) is 0 Å². The van der Waals surface area contributed by atoms with Gasteiger partial charge in [-0.05, 0) is 54.4 Å². The van der Waals surface area contributed by atoms with E-state index in [-0.39, 0.29) is 0 Å². The van der Waals surface area contributed by atoms with E-state index in [1.54, 1.807) is 22.3 Å². The van der Waals surface area contributed by atoms with Gasteiger partial charge in [-0.2, -0.15) is 0 Å². The molecule has 1 aliphatic rings. The first-order valence-corrected chi connectivity index (χ1v) is 6.31. The van der Waals surface area contributed by atoms with Gasteiger partial charge in [-0.25, -0.2) is 0 Å². The predicted octanol–water partition coefficient (Wildman–Crippen LogP) is 4.63. The minimum absolute atomic E-state index is 0.672. The van der Waals surface area contributed by atoms with Gasteiger partial charge in [-0.3, -0.25) is 0 Å². The third-order valence-corrected chi connectivity index (χ3v) is 3.23. The maximum atomic E-state index is 2.34. The summed E-state index contributed by atoms with van der Waals surface area (Å²) in [5.74, 6) is 0.672. The average molecular weight is 204 g/mol. The molecular weight excluding hydrogens is 180 g/mol. The molecule has 0 saturated carbocycles. The number of benzene rings is 1. The lowest BCUT2D eigenvalue weighted by molar-refractivity contribution is 0.849. The summed E-state index contributed by atoms with van der Waals surface area (Å²) in [5, 5.41) is 0. The van der Waals surface area contributed by atoms with E-state index < -0.39 is 0 Å². The SMILES string of the molecule is CC.Cc1c(C(C)C)ccc2c1CCC2. The highest BCUT2D eigenvalue weighted by Gasteiger charge is 2.15. The Bertz CT molecular complexity index is 321. The van der Waals surface area contributed by atoms with Crippen molar-refractivity contribution in [3.8, 4) is 0 Å². The molecule has 0 spiro atoms. The van der Waals surface area contributed by atoms with E-state index in [0.29, 0.717) is 5.92 Å². The molecule has 0 aromatic heterocycles. The average Bonchev–Trinajstić information content (AvgIpc) is 2.69. The molecule has 0 fully saturated rings. The molecule has 0 unspecified atom stereocenters. The van der Waals surface area contributed by atoms with Crippen LogP contribution in [0.2, 0.25) is 0 Å². The normalized spacial score (nSPS) is 13.5. The fraction of sp³-hybridized carbons (Fsp3) is 0.600. The Balaban J connectivity index is 0.000000531. The molecule has 1 aromatic rings. The van der Waals surface area contributed by atoms with Crippen molar-refractivity contribution in [2.75, 3.05) is 0 Å². The zero-order chi connectivity index (χ0) is 11.4. The van der Waals surface area contributed by atoms with Crippen LogP contribution in [0.4, 0.5) is 0 Å². The highest BCUT2D eigenvalue weighted by atomic mass is 14.2. The highest BCUT2D eigenvalue weighted by molar-refractivity contribution is 5.43. The van der Waals surface area contributed by atoms with E-state index in [1.165, 1.54) is 19.3 Å². The number of fused-ring (bicyclic) bond motifs is 1. The van der Waals surface area contributed by atoms with Crippen molar-refractivity contribution in [1.82, 2.24) is 0 Å². The van der Waals surface area contributed by atoms with Crippen molar-refractivity contribution < 1.29 is 0 Å². The monoisotopic (exact) mass is 204 g/mol. The first-order chi connectivity index (χ1) is 7.20. The molecule has 0 amide bonds. The van der Waals surface area contributed by atoms with Gasteiger partial charge in [0, 0.05) is 0 Å². The third kappa shape index (κ3) is 2.42. The predicted molar refractivity (Wildman–Crippen MR) is 68.6 cm³/mol. The number of rotatable bonds is 1.